The van der Waals surface area contributed by atoms with Crippen molar-refractivity contribution in [3.8, 4) is 5.88 Å². The molecule has 40 heavy (non-hydrogen) atoms. The van der Waals surface area contributed by atoms with Gasteiger partial charge in [0.15, 0.2) is 5.78 Å². The number of benzene rings is 1. The number of alkyl halides is 3. The predicted octanol–water partition coefficient (Wildman–Crippen LogP) is 5.39. The number of carbonyl (C=O) groups is 1. The topological polar surface area (TPSA) is 89.5 Å². The number of ether oxygens (including phenoxy) is 1. The fraction of sp³-hybridized carbons (Fsp3) is 0.607. The van der Waals surface area contributed by atoms with Gasteiger partial charge in [0, 0.05) is 35.9 Å². The maximum Gasteiger partial charge on any atom is 0.251 e. The van der Waals surface area contributed by atoms with Gasteiger partial charge in [0.05, 0.1) is 23.6 Å². The number of carbonyl (C=O) groups excluding carboxylic acids is 1. The van der Waals surface area contributed by atoms with E-state index in [0.29, 0.717) is 24.4 Å². The first kappa shape index (κ1) is 28.9. The highest BCUT2D eigenvalue weighted by Gasteiger charge is 2.58. The van der Waals surface area contributed by atoms with E-state index in [2.05, 4.69) is 9.97 Å². The smallest absolute Gasteiger partial charge is 0.251 e. The number of aryl methyl sites for hydroxylation is 1. The van der Waals surface area contributed by atoms with Gasteiger partial charge in [-0.3, -0.25) is 4.79 Å². The Morgan fingerprint density at radius 1 is 1.18 bits per heavy atom. The largest absolute Gasteiger partial charge is 0.478 e. The van der Waals surface area contributed by atoms with E-state index in [-0.39, 0.29) is 49.0 Å². The molecule has 0 spiro atoms. The van der Waals surface area contributed by atoms with Crippen molar-refractivity contribution in [1.82, 2.24) is 14.3 Å². The Labute approximate surface area is 231 Å². The number of ketones is 1. The van der Waals surface area contributed by atoms with Crippen molar-refractivity contribution in [1.29, 1.82) is 0 Å². The van der Waals surface area contributed by atoms with Crippen molar-refractivity contribution in [3.63, 3.8) is 0 Å². The van der Waals surface area contributed by atoms with Gasteiger partial charge in [-0.25, -0.2) is 31.0 Å². The normalized spacial score (nSPS) is 24.7. The number of sulfonamides is 1. The summed E-state index contributed by atoms with van der Waals surface area (Å²) in [5, 5.41) is 0. The van der Waals surface area contributed by atoms with Gasteiger partial charge in [0.1, 0.15) is 17.8 Å². The van der Waals surface area contributed by atoms with Gasteiger partial charge in [-0.2, -0.15) is 9.29 Å². The number of halogens is 4. The van der Waals surface area contributed by atoms with Gasteiger partial charge >= 0.3 is 0 Å². The molecule has 0 N–H and O–H groups in total. The summed E-state index contributed by atoms with van der Waals surface area (Å²) in [4.78, 5) is 22.0. The van der Waals surface area contributed by atoms with Crippen molar-refractivity contribution in [2.24, 2.45) is 5.41 Å². The summed E-state index contributed by atoms with van der Waals surface area (Å²) in [6.07, 6.45) is 1.21. The third-order valence-electron chi connectivity index (χ3n) is 8.40. The molecule has 3 aliphatic rings. The second kappa shape index (κ2) is 10.7. The fourth-order valence-corrected chi connectivity index (χ4v) is 7.22. The second-order valence-electron chi connectivity index (χ2n) is 11.4. The van der Waals surface area contributed by atoms with Crippen LogP contribution < -0.4 is 4.74 Å². The maximum atomic E-state index is 14.7. The molecule has 1 aliphatic heterocycles. The SMILES string of the molecule is C[C@H]1[C@H](F)C[C@@H](C(=O)CCc2cc(OCCC3(C(C)(F)F)CC3)nc(C3CC3)n2)N1S(=O)(=O)c1ccc(F)cc1. The lowest BCUT2D eigenvalue weighted by Crippen LogP contribution is -2.44. The van der Waals surface area contributed by atoms with E-state index in [4.69, 9.17) is 4.74 Å². The number of rotatable bonds is 12. The molecule has 5 rings (SSSR count). The zero-order valence-electron chi connectivity index (χ0n) is 22.5. The summed E-state index contributed by atoms with van der Waals surface area (Å²) >= 11 is 0. The molecule has 12 heteroatoms. The van der Waals surface area contributed by atoms with Crippen LogP contribution in [0, 0.1) is 11.2 Å². The third-order valence-corrected chi connectivity index (χ3v) is 10.4. The minimum absolute atomic E-state index is 0.0803. The van der Waals surface area contributed by atoms with E-state index in [9.17, 15) is 30.8 Å². The summed E-state index contributed by atoms with van der Waals surface area (Å²) in [5.41, 5.74) is -0.514. The lowest BCUT2D eigenvalue weighted by atomic mass is 9.96. The van der Waals surface area contributed by atoms with E-state index in [1.807, 2.05) is 0 Å². The second-order valence-corrected chi connectivity index (χ2v) is 13.2. The van der Waals surface area contributed by atoms with Crippen LogP contribution in [0.3, 0.4) is 0 Å². The van der Waals surface area contributed by atoms with Crippen LogP contribution in [0.4, 0.5) is 17.6 Å². The molecule has 0 amide bonds. The van der Waals surface area contributed by atoms with Crippen LogP contribution in [-0.4, -0.2) is 59.3 Å². The fourth-order valence-electron chi connectivity index (χ4n) is 5.39. The number of Topliss-reactive ketones (excluding diaryl/α,β-unsaturated/α-hetero) is 1. The molecule has 0 bridgehead atoms. The number of hydrogen-bond donors (Lipinski definition) is 0. The maximum absolute atomic E-state index is 14.7. The summed E-state index contributed by atoms with van der Waals surface area (Å²) in [7, 11) is -4.25. The molecule has 3 atom stereocenters. The van der Waals surface area contributed by atoms with E-state index in [1.165, 1.54) is 6.92 Å². The molecule has 218 valence electrons. The quantitative estimate of drug-likeness (QED) is 0.312. The molecule has 1 saturated heterocycles. The van der Waals surface area contributed by atoms with Gasteiger partial charge in [0.25, 0.3) is 5.92 Å². The molecule has 2 aliphatic carbocycles. The predicted molar refractivity (Wildman–Crippen MR) is 138 cm³/mol. The lowest BCUT2D eigenvalue weighted by molar-refractivity contribution is -0.122. The molecule has 3 fully saturated rings. The molecule has 1 aromatic heterocycles. The Balaban J connectivity index is 1.27. The van der Waals surface area contributed by atoms with Gasteiger partial charge in [-0.05, 0) is 76.6 Å². The molecule has 0 unspecified atom stereocenters. The average molecular weight is 584 g/mol. The molecular weight excluding hydrogens is 550 g/mol. The van der Waals surface area contributed by atoms with E-state index in [1.54, 1.807) is 6.07 Å². The highest BCUT2D eigenvalue weighted by atomic mass is 32.2. The molecule has 0 radical (unpaired) electrons. The van der Waals surface area contributed by atoms with Crippen molar-refractivity contribution >= 4 is 15.8 Å². The van der Waals surface area contributed by atoms with Crippen LogP contribution in [0.5, 0.6) is 5.88 Å². The zero-order valence-corrected chi connectivity index (χ0v) is 23.3. The van der Waals surface area contributed by atoms with Crippen molar-refractivity contribution in [2.45, 2.75) is 100 Å². The van der Waals surface area contributed by atoms with Crippen molar-refractivity contribution < 1.29 is 35.5 Å². The number of hydrogen-bond acceptors (Lipinski definition) is 6. The Hall–Kier alpha value is -2.60. The highest BCUT2D eigenvalue weighted by molar-refractivity contribution is 7.89. The van der Waals surface area contributed by atoms with E-state index in [0.717, 1.165) is 48.3 Å². The molecular formula is C28H33F4N3O4S. The lowest BCUT2D eigenvalue weighted by Gasteiger charge is -2.26. The van der Waals surface area contributed by atoms with E-state index >= 15 is 0 Å². The summed E-state index contributed by atoms with van der Waals surface area (Å²) in [5.74, 6) is -2.84. The summed E-state index contributed by atoms with van der Waals surface area (Å²) in [6.45, 7) is 2.43. The first-order chi connectivity index (χ1) is 18.8. The first-order valence-electron chi connectivity index (χ1n) is 13.7. The Morgan fingerprint density at radius 3 is 2.45 bits per heavy atom. The minimum Gasteiger partial charge on any atom is -0.478 e. The molecule has 2 heterocycles. The van der Waals surface area contributed by atoms with Crippen LogP contribution in [0.15, 0.2) is 35.2 Å². The molecule has 2 aromatic rings. The molecule has 7 nitrogen and oxygen atoms in total. The monoisotopic (exact) mass is 583 g/mol. The first-order valence-corrected chi connectivity index (χ1v) is 15.1. The zero-order chi connectivity index (χ0) is 28.9. The standard InChI is InChI=1S/C28H33F4N3O4S/c1-17-22(30)16-23(35(17)40(37,38)21-8-5-19(29)6-9-21)24(36)10-7-20-15-25(34-26(33-20)18-3-4-18)39-14-13-28(11-12-28)27(2,31)32/h5-6,8-9,15,17-18,22-23H,3-4,7,10-14,16H2,1-2H3/t17-,22+,23-/m0/s1. The van der Waals surface area contributed by atoms with Gasteiger partial charge < -0.3 is 4.74 Å². The minimum atomic E-state index is -4.25. The Bertz CT molecular complexity index is 1360. The van der Waals surface area contributed by atoms with Crippen LogP contribution in [0.1, 0.15) is 76.2 Å². The summed E-state index contributed by atoms with van der Waals surface area (Å²) in [6, 6.07) is 3.51. The van der Waals surface area contributed by atoms with Crippen LogP contribution >= 0.6 is 0 Å². The van der Waals surface area contributed by atoms with Crippen molar-refractivity contribution in [3.05, 3.63) is 47.7 Å². The van der Waals surface area contributed by atoms with Crippen LogP contribution in [0.25, 0.3) is 0 Å². The van der Waals surface area contributed by atoms with Crippen LogP contribution in [0.2, 0.25) is 0 Å². The Morgan fingerprint density at radius 2 is 1.85 bits per heavy atom. The van der Waals surface area contributed by atoms with Gasteiger partial charge in [-0.15, -0.1) is 0 Å². The van der Waals surface area contributed by atoms with Crippen LogP contribution in [-0.2, 0) is 21.2 Å². The third kappa shape index (κ3) is 5.88. The molecule has 1 aromatic carbocycles. The average Bonchev–Trinajstić information content (AvgIpc) is 3.81. The van der Waals surface area contributed by atoms with Gasteiger partial charge in [0.2, 0.25) is 15.9 Å². The van der Waals surface area contributed by atoms with Crippen molar-refractivity contribution in [2.75, 3.05) is 6.61 Å². The van der Waals surface area contributed by atoms with E-state index < -0.39 is 51.2 Å². The molecule has 2 saturated carbocycles. The van der Waals surface area contributed by atoms with Gasteiger partial charge in [-0.1, -0.05) is 0 Å². The number of aromatic nitrogens is 2. The Kier molecular flexibility index (Phi) is 7.71. The highest BCUT2D eigenvalue weighted by Crippen LogP contribution is 2.59. The summed E-state index contributed by atoms with van der Waals surface area (Å²) < 4.78 is 89.2. The number of nitrogens with zero attached hydrogens (tertiary/aromatic N) is 3.